The molecule has 5 unspecified atom stereocenters. The number of carboxylic acids is 1. The van der Waals surface area contributed by atoms with Gasteiger partial charge in [-0.25, -0.2) is 4.79 Å². The average molecular weight is 562 g/mol. The van der Waals surface area contributed by atoms with Crippen molar-refractivity contribution in [2.45, 2.75) is 115 Å². The van der Waals surface area contributed by atoms with Crippen LogP contribution in [0, 0.1) is 17.8 Å². The van der Waals surface area contributed by atoms with Gasteiger partial charge in [0.05, 0.1) is 18.9 Å². The lowest BCUT2D eigenvalue weighted by Gasteiger charge is -2.39. The minimum Gasteiger partial charge on any atom is -0.481 e. The Kier molecular flexibility index (Phi) is 10.3. The van der Waals surface area contributed by atoms with E-state index in [1.165, 1.54) is 24.2 Å². The summed E-state index contributed by atoms with van der Waals surface area (Å²) in [4.78, 5) is 65.4. The first kappa shape index (κ1) is 30.1. The van der Waals surface area contributed by atoms with Gasteiger partial charge < -0.3 is 30.9 Å². The Morgan fingerprint density at radius 1 is 0.900 bits per heavy atom. The third kappa shape index (κ3) is 7.87. The van der Waals surface area contributed by atoms with Crippen molar-refractivity contribution in [2.75, 3.05) is 20.1 Å². The Morgan fingerprint density at radius 2 is 1.60 bits per heavy atom. The largest absolute Gasteiger partial charge is 0.481 e. The predicted molar refractivity (Wildman–Crippen MR) is 148 cm³/mol. The van der Waals surface area contributed by atoms with E-state index in [4.69, 9.17) is 5.11 Å². The van der Waals surface area contributed by atoms with Crippen LogP contribution in [-0.2, 0) is 19.2 Å². The van der Waals surface area contributed by atoms with E-state index in [1.54, 1.807) is 11.9 Å². The molecule has 40 heavy (non-hydrogen) atoms. The first-order valence-corrected chi connectivity index (χ1v) is 15.2. The lowest BCUT2D eigenvalue weighted by Crippen LogP contribution is -2.51. The van der Waals surface area contributed by atoms with Crippen LogP contribution in [0.1, 0.15) is 90.4 Å². The zero-order valence-electron chi connectivity index (χ0n) is 24.0. The maximum atomic E-state index is 13.3. The molecule has 3 aliphatic carbocycles. The van der Waals surface area contributed by atoms with E-state index in [2.05, 4.69) is 22.9 Å². The second-order valence-electron chi connectivity index (χ2n) is 12.6. The third-order valence-corrected chi connectivity index (χ3v) is 9.70. The summed E-state index contributed by atoms with van der Waals surface area (Å²) >= 11 is 0. The highest BCUT2D eigenvalue weighted by Crippen LogP contribution is 2.33. The van der Waals surface area contributed by atoms with Gasteiger partial charge in [0.1, 0.15) is 0 Å². The highest BCUT2D eigenvalue weighted by Gasteiger charge is 2.44. The number of fused-ring (bicyclic) bond motifs is 1. The maximum Gasteiger partial charge on any atom is 0.315 e. The number of aliphatic carboxylic acids is 1. The summed E-state index contributed by atoms with van der Waals surface area (Å²) < 4.78 is 0. The average Bonchev–Trinajstić information content (AvgIpc) is 3.00. The number of hydrogen-bond donors (Lipinski definition) is 4. The molecule has 0 aromatic heterocycles. The summed E-state index contributed by atoms with van der Waals surface area (Å²) in [5.41, 5.74) is 0. The van der Waals surface area contributed by atoms with Crippen LogP contribution in [0.5, 0.6) is 0 Å². The van der Waals surface area contributed by atoms with Crippen LogP contribution in [0.2, 0.25) is 0 Å². The molecule has 4 aliphatic rings. The molecule has 4 N–H and O–H groups in total. The quantitative estimate of drug-likeness (QED) is 0.357. The lowest BCUT2D eigenvalue weighted by atomic mass is 9.79. The zero-order valence-corrected chi connectivity index (χ0v) is 24.0. The van der Waals surface area contributed by atoms with Gasteiger partial charge in [-0.2, -0.15) is 0 Å². The van der Waals surface area contributed by atoms with Crippen molar-refractivity contribution in [3.63, 3.8) is 0 Å². The predicted octanol–water partition coefficient (Wildman–Crippen LogP) is 2.24. The van der Waals surface area contributed by atoms with Gasteiger partial charge in [0.25, 0.3) is 0 Å². The SMILES string of the molecule is CC1CCCCC1NC(=O)NC1CCC(CC(=O)NC2CCC3C(C2)C(=O)N(CCC(=O)O)CC(=O)N3C)CC1. The van der Waals surface area contributed by atoms with E-state index < -0.39 is 11.9 Å². The van der Waals surface area contributed by atoms with E-state index in [0.717, 1.165) is 32.1 Å². The maximum absolute atomic E-state index is 13.3. The van der Waals surface area contributed by atoms with Gasteiger partial charge in [-0.1, -0.05) is 19.8 Å². The zero-order chi connectivity index (χ0) is 28.8. The van der Waals surface area contributed by atoms with Crippen LogP contribution < -0.4 is 16.0 Å². The number of carbonyl (C=O) groups excluding carboxylic acids is 4. The fraction of sp³-hybridized carbons (Fsp3) is 0.828. The molecule has 0 aromatic carbocycles. The van der Waals surface area contributed by atoms with Gasteiger partial charge in [0.15, 0.2) is 0 Å². The Balaban J connectivity index is 1.21. The summed E-state index contributed by atoms with van der Waals surface area (Å²) in [6.07, 6.45) is 10.1. The van der Waals surface area contributed by atoms with Gasteiger partial charge >= 0.3 is 12.0 Å². The molecule has 4 fully saturated rings. The molecule has 4 rings (SSSR count). The molecule has 224 valence electrons. The van der Waals surface area contributed by atoms with Crippen LogP contribution in [0.3, 0.4) is 0 Å². The van der Waals surface area contributed by atoms with E-state index in [-0.39, 0.29) is 73.3 Å². The van der Waals surface area contributed by atoms with Crippen molar-refractivity contribution in [2.24, 2.45) is 17.8 Å². The number of nitrogens with zero attached hydrogens (tertiary/aromatic N) is 2. The number of urea groups is 1. The summed E-state index contributed by atoms with van der Waals surface area (Å²) in [7, 11) is 1.71. The molecule has 0 bridgehead atoms. The standard InChI is InChI=1S/C29H47N5O6/c1-18-5-3-4-6-23(18)32-29(40)31-20-9-7-19(8-10-20)15-25(35)30-21-11-12-24-22(16-21)28(39)34(14-13-27(37)38)17-26(36)33(24)2/h18-24H,3-17H2,1-2H3,(H,30,35)(H,37,38)(H2,31,32,40). The topological polar surface area (TPSA) is 148 Å². The van der Waals surface area contributed by atoms with Crippen LogP contribution in [0.4, 0.5) is 4.79 Å². The third-order valence-electron chi connectivity index (χ3n) is 9.70. The van der Waals surface area contributed by atoms with Crippen LogP contribution in [-0.4, -0.2) is 88.9 Å². The first-order chi connectivity index (χ1) is 19.1. The first-order valence-electron chi connectivity index (χ1n) is 15.2. The Hall–Kier alpha value is -2.85. The van der Waals surface area contributed by atoms with Gasteiger partial charge in [0, 0.05) is 44.2 Å². The molecule has 1 aliphatic heterocycles. The van der Waals surface area contributed by atoms with Gasteiger partial charge in [-0.15, -0.1) is 0 Å². The van der Waals surface area contributed by atoms with E-state index in [9.17, 15) is 24.0 Å². The van der Waals surface area contributed by atoms with Crippen molar-refractivity contribution in [1.82, 2.24) is 25.8 Å². The molecule has 5 amide bonds. The molecule has 3 saturated carbocycles. The number of hydrogen-bond acceptors (Lipinski definition) is 5. The number of carbonyl (C=O) groups is 5. The highest BCUT2D eigenvalue weighted by molar-refractivity contribution is 5.89. The Morgan fingerprint density at radius 3 is 2.30 bits per heavy atom. The number of rotatable bonds is 8. The molecule has 11 nitrogen and oxygen atoms in total. The molecule has 5 atom stereocenters. The van der Waals surface area contributed by atoms with Crippen molar-refractivity contribution in [3.05, 3.63) is 0 Å². The molecule has 1 saturated heterocycles. The van der Waals surface area contributed by atoms with Crippen molar-refractivity contribution in [3.8, 4) is 0 Å². The van der Waals surface area contributed by atoms with Gasteiger partial charge in [0.2, 0.25) is 17.7 Å². The van der Waals surface area contributed by atoms with Crippen LogP contribution >= 0.6 is 0 Å². The molecular formula is C29H47N5O6. The molecule has 0 aromatic rings. The van der Waals surface area contributed by atoms with Crippen molar-refractivity contribution < 1.29 is 29.1 Å². The van der Waals surface area contributed by atoms with Crippen molar-refractivity contribution in [1.29, 1.82) is 0 Å². The molecular weight excluding hydrogens is 514 g/mol. The summed E-state index contributed by atoms with van der Waals surface area (Å²) in [6, 6.07) is -0.0596. The molecule has 0 spiro atoms. The number of carboxylic acid groups (broad SMARTS) is 1. The normalized spacial score (nSPS) is 33.0. The van der Waals surface area contributed by atoms with E-state index in [1.807, 2.05) is 0 Å². The second kappa shape index (κ2) is 13.7. The smallest absolute Gasteiger partial charge is 0.315 e. The van der Waals surface area contributed by atoms with E-state index in [0.29, 0.717) is 31.6 Å². The lowest BCUT2D eigenvalue weighted by molar-refractivity contribution is -0.141. The fourth-order valence-electron chi connectivity index (χ4n) is 7.19. The number of likely N-dealkylation sites (N-methyl/N-ethyl adjacent to an activating group) is 1. The summed E-state index contributed by atoms with van der Waals surface area (Å²) in [6.45, 7) is 2.11. The molecule has 11 heteroatoms. The number of amides is 5. The molecule has 0 radical (unpaired) electrons. The minimum absolute atomic E-state index is 0.00683. The summed E-state index contributed by atoms with van der Waals surface area (Å²) in [5, 5.41) is 18.5. The van der Waals surface area contributed by atoms with Gasteiger partial charge in [-0.3, -0.25) is 19.2 Å². The van der Waals surface area contributed by atoms with Crippen molar-refractivity contribution >= 4 is 29.7 Å². The van der Waals surface area contributed by atoms with Gasteiger partial charge in [-0.05, 0) is 69.6 Å². The Labute approximate surface area is 237 Å². The fourth-order valence-corrected chi connectivity index (χ4v) is 7.19. The highest BCUT2D eigenvalue weighted by atomic mass is 16.4. The molecule has 1 heterocycles. The number of nitrogens with one attached hydrogen (secondary N) is 3. The minimum atomic E-state index is -1.01. The monoisotopic (exact) mass is 561 g/mol. The van der Waals surface area contributed by atoms with E-state index >= 15 is 0 Å². The van der Waals surface area contributed by atoms with Crippen LogP contribution in [0.25, 0.3) is 0 Å². The Bertz CT molecular complexity index is 951. The summed E-state index contributed by atoms with van der Waals surface area (Å²) in [5.74, 6) is -1.07. The second-order valence-corrected chi connectivity index (χ2v) is 12.6. The van der Waals surface area contributed by atoms with Crippen LogP contribution in [0.15, 0.2) is 0 Å².